The van der Waals surface area contributed by atoms with Crippen LogP contribution in [0.3, 0.4) is 0 Å². The number of unbranched alkanes of at least 4 members (excludes halogenated alkanes) is 3. The normalized spacial score (nSPS) is 16.5. The number of piperazine rings is 1. The van der Waals surface area contributed by atoms with E-state index in [0.717, 1.165) is 38.8 Å². The van der Waals surface area contributed by atoms with Crippen molar-refractivity contribution in [2.45, 2.75) is 37.0 Å². The maximum absolute atomic E-state index is 12.8. The highest BCUT2D eigenvalue weighted by molar-refractivity contribution is 7.89. The van der Waals surface area contributed by atoms with E-state index in [1.165, 1.54) is 4.31 Å². The second-order valence-corrected chi connectivity index (χ2v) is 8.67. The molecule has 1 aliphatic heterocycles. The van der Waals surface area contributed by atoms with E-state index in [1.54, 1.807) is 24.3 Å². The van der Waals surface area contributed by atoms with E-state index >= 15 is 0 Å². The summed E-state index contributed by atoms with van der Waals surface area (Å²) < 4.78 is 27.1. The number of sulfonamides is 1. The first kappa shape index (κ1) is 20.8. The summed E-state index contributed by atoms with van der Waals surface area (Å²) in [6, 6.07) is 6.51. The predicted octanol–water partition coefficient (Wildman–Crippen LogP) is 1.47. The quantitative estimate of drug-likeness (QED) is 0.631. The van der Waals surface area contributed by atoms with Crippen molar-refractivity contribution < 1.29 is 13.2 Å². The van der Waals surface area contributed by atoms with Gasteiger partial charge in [0.15, 0.2) is 0 Å². The van der Waals surface area contributed by atoms with Crippen LogP contribution in [-0.4, -0.2) is 63.3 Å². The average molecular weight is 383 g/mol. The first-order chi connectivity index (χ1) is 12.4. The molecule has 1 aromatic carbocycles. The van der Waals surface area contributed by atoms with Gasteiger partial charge in [-0.2, -0.15) is 4.31 Å². The summed E-state index contributed by atoms with van der Waals surface area (Å²) in [6.07, 6.45) is 4.23. The Balaban J connectivity index is 1.93. The van der Waals surface area contributed by atoms with Gasteiger partial charge < -0.3 is 16.0 Å². The first-order valence-corrected chi connectivity index (χ1v) is 10.7. The van der Waals surface area contributed by atoms with Gasteiger partial charge >= 0.3 is 0 Å². The van der Waals surface area contributed by atoms with E-state index in [1.807, 2.05) is 7.05 Å². The van der Waals surface area contributed by atoms with Gasteiger partial charge in [-0.3, -0.25) is 4.79 Å². The number of likely N-dealkylation sites (N-methyl/N-ethyl adjacent to an activating group) is 1. The van der Waals surface area contributed by atoms with Gasteiger partial charge in [-0.15, -0.1) is 0 Å². The second-order valence-electron chi connectivity index (χ2n) is 6.74. The number of nitrogens with zero attached hydrogens (tertiary/aromatic N) is 2. The minimum atomic E-state index is -3.53. The standard InChI is InChI=1S/C18H30N4O3S/c1-21-11-13-22(14-12-21)26(24,25)17-8-6-7-16(15-17)20-18(23)9-4-2-3-5-10-19/h6-8,15H,2-5,9-14,19H2,1H3,(H,20,23). The largest absolute Gasteiger partial charge is 0.330 e. The molecule has 1 heterocycles. The number of rotatable bonds is 9. The Morgan fingerprint density at radius 3 is 2.50 bits per heavy atom. The van der Waals surface area contributed by atoms with E-state index in [9.17, 15) is 13.2 Å². The summed E-state index contributed by atoms with van der Waals surface area (Å²) in [5.41, 5.74) is 5.97. The van der Waals surface area contributed by atoms with Gasteiger partial charge in [0, 0.05) is 38.3 Å². The van der Waals surface area contributed by atoms with Crippen LogP contribution in [0.5, 0.6) is 0 Å². The molecule has 1 aromatic rings. The third kappa shape index (κ3) is 6.05. The average Bonchev–Trinajstić information content (AvgIpc) is 2.62. The fraction of sp³-hybridized carbons (Fsp3) is 0.611. The molecule has 1 fully saturated rings. The molecule has 0 atom stereocenters. The monoisotopic (exact) mass is 382 g/mol. The lowest BCUT2D eigenvalue weighted by molar-refractivity contribution is -0.116. The van der Waals surface area contributed by atoms with Crippen molar-refractivity contribution in [2.75, 3.05) is 45.1 Å². The van der Waals surface area contributed by atoms with Crippen LogP contribution in [0.25, 0.3) is 0 Å². The van der Waals surface area contributed by atoms with E-state index in [4.69, 9.17) is 5.73 Å². The van der Waals surface area contributed by atoms with Gasteiger partial charge in [0.2, 0.25) is 15.9 Å². The molecular weight excluding hydrogens is 352 g/mol. The first-order valence-electron chi connectivity index (χ1n) is 9.22. The minimum absolute atomic E-state index is 0.0908. The third-order valence-electron chi connectivity index (χ3n) is 4.58. The maximum atomic E-state index is 12.8. The summed E-state index contributed by atoms with van der Waals surface area (Å²) in [5, 5.41) is 2.80. The molecule has 1 saturated heterocycles. The molecule has 26 heavy (non-hydrogen) atoms. The zero-order valence-electron chi connectivity index (χ0n) is 15.5. The highest BCUT2D eigenvalue weighted by atomic mass is 32.2. The molecule has 0 bridgehead atoms. The summed E-state index contributed by atoms with van der Waals surface area (Å²) in [4.78, 5) is 14.4. The van der Waals surface area contributed by atoms with E-state index < -0.39 is 10.0 Å². The number of nitrogens with two attached hydrogens (primary N) is 1. The lowest BCUT2D eigenvalue weighted by atomic mass is 10.1. The Hall–Kier alpha value is -1.48. The lowest BCUT2D eigenvalue weighted by Crippen LogP contribution is -2.47. The fourth-order valence-corrected chi connectivity index (χ4v) is 4.39. The fourth-order valence-electron chi connectivity index (χ4n) is 2.92. The minimum Gasteiger partial charge on any atom is -0.330 e. The van der Waals surface area contributed by atoms with Crippen LogP contribution < -0.4 is 11.1 Å². The number of nitrogens with one attached hydrogen (secondary N) is 1. The number of carbonyl (C=O) groups excluding carboxylic acids is 1. The number of anilines is 1. The molecule has 2 rings (SSSR count). The van der Waals surface area contributed by atoms with Gasteiger partial charge in [0.05, 0.1) is 4.90 Å². The Bertz CT molecular complexity index is 685. The number of benzene rings is 1. The van der Waals surface area contributed by atoms with Crippen LogP contribution in [-0.2, 0) is 14.8 Å². The van der Waals surface area contributed by atoms with Crippen LogP contribution >= 0.6 is 0 Å². The molecule has 3 N–H and O–H groups in total. The van der Waals surface area contributed by atoms with Crippen LogP contribution in [0.4, 0.5) is 5.69 Å². The topological polar surface area (TPSA) is 95.7 Å². The molecule has 0 radical (unpaired) electrons. The highest BCUT2D eigenvalue weighted by Crippen LogP contribution is 2.21. The van der Waals surface area contributed by atoms with Crippen molar-refractivity contribution in [2.24, 2.45) is 5.73 Å². The zero-order chi connectivity index (χ0) is 19.0. The molecule has 0 spiro atoms. The molecule has 7 nitrogen and oxygen atoms in total. The number of hydrogen-bond acceptors (Lipinski definition) is 5. The van der Waals surface area contributed by atoms with E-state index in [0.29, 0.717) is 31.7 Å². The molecule has 1 amide bonds. The Morgan fingerprint density at radius 1 is 1.12 bits per heavy atom. The van der Waals surface area contributed by atoms with Crippen molar-refractivity contribution in [3.63, 3.8) is 0 Å². The summed E-state index contributed by atoms with van der Waals surface area (Å²) in [5.74, 6) is -0.0908. The zero-order valence-corrected chi connectivity index (χ0v) is 16.3. The van der Waals surface area contributed by atoms with Crippen LogP contribution in [0.1, 0.15) is 32.1 Å². The maximum Gasteiger partial charge on any atom is 0.243 e. The summed E-state index contributed by atoms with van der Waals surface area (Å²) in [7, 11) is -1.55. The van der Waals surface area contributed by atoms with Gasteiger partial charge in [-0.05, 0) is 44.6 Å². The van der Waals surface area contributed by atoms with E-state index in [2.05, 4.69) is 10.2 Å². The van der Waals surface area contributed by atoms with Crippen LogP contribution in [0.2, 0.25) is 0 Å². The number of carbonyl (C=O) groups is 1. The van der Waals surface area contributed by atoms with E-state index in [-0.39, 0.29) is 10.8 Å². The second kappa shape index (κ2) is 10.0. The predicted molar refractivity (Wildman–Crippen MR) is 103 cm³/mol. The Labute approximate surface area is 156 Å². The van der Waals surface area contributed by atoms with Gasteiger partial charge in [0.1, 0.15) is 0 Å². The van der Waals surface area contributed by atoms with Crippen molar-refractivity contribution in [1.29, 1.82) is 0 Å². The van der Waals surface area contributed by atoms with Gasteiger partial charge in [-0.25, -0.2) is 8.42 Å². The molecule has 0 aliphatic carbocycles. The molecular formula is C18H30N4O3S. The van der Waals surface area contributed by atoms with Crippen molar-refractivity contribution >= 4 is 21.6 Å². The SMILES string of the molecule is CN1CCN(S(=O)(=O)c2cccc(NC(=O)CCCCCCN)c2)CC1. The Kier molecular flexibility index (Phi) is 8.02. The molecule has 0 aromatic heterocycles. The van der Waals surface area contributed by atoms with Gasteiger partial charge in [-0.1, -0.05) is 18.9 Å². The molecule has 0 unspecified atom stereocenters. The molecule has 0 saturated carbocycles. The summed E-state index contributed by atoms with van der Waals surface area (Å²) >= 11 is 0. The van der Waals surface area contributed by atoms with Crippen LogP contribution in [0.15, 0.2) is 29.2 Å². The molecule has 146 valence electrons. The van der Waals surface area contributed by atoms with Crippen LogP contribution in [0, 0.1) is 0 Å². The molecule has 1 aliphatic rings. The van der Waals surface area contributed by atoms with Crippen molar-refractivity contribution in [3.05, 3.63) is 24.3 Å². The summed E-state index contributed by atoms with van der Waals surface area (Å²) in [6.45, 7) is 3.09. The number of hydrogen-bond donors (Lipinski definition) is 2. The molecule has 8 heteroatoms. The van der Waals surface area contributed by atoms with Crippen molar-refractivity contribution in [1.82, 2.24) is 9.21 Å². The lowest BCUT2D eigenvalue weighted by Gasteiger charge is -2.31. The van der Waals surface area contributed by atoms with Gasteiger partial charge in [0.25, 0.3) is 0 Å². The number of amides is 1. The Morgan fingerprint density at radius 2 is 1.81 bits per heavy atom. The third-order valence-corrected chi connectivity index (χ3v) is 6.47. The smallest absolute Gasteiger partial charge is 0.243 e. The highest BCUT2D eigenvalue weighted by Gasteiger charge is 2.27. The van der Waals surface area contributed by atoms with Crippen molar-refractivity contribution in [3.8, 4) is 0 Å².